The molecule has 2 atom stereocenters. The summed E-state index contributed by atoms with van der Waals surface area (Å²) < 4.78 is 13.4. The Morgan fingerprint density at radius 2 is 2.18 bits per heavy atom. The molecule has 1 aromatic heterocycles. The second-order valence-corrected chi connectivity index (χ2v) is 5.75. The second kappa shape index (κ2) is 5.44. The maximum atomic E-state index is 13.4. The van der Waals surface area contributed by atoms with Crippen molar-refractivity contribution in [2.75, 3.05) is 6.54 Å². The van der Waals surface area contributed by atoms with Gasteiger partial charge in [-0.3, -0.25) is 9.59 Å². The quantitative estimate of drug-likeness (QED) is 0.790. The van der Waals surface area contributed by atoms with Crippen LogP contribution in [0, 0.1) is 24.6 Å². The zero-order valence-electron chi connectivity index (χ0n) is 12.1. The molecular weight excluding hydrogens is 287 g/mol. The van der Waals surface area contributed by atoms with Crippen LogP contribution in [0.3, 0.4) is 0 Å². The lowest BCUT2D eigenvalue weighted by Gasteiger charge is -2.05. The number of fused-ring (bicyclic) bond motifs is 1. The monoisotopic (exact) mass is 304 g/mol. The normalized spacial score (nSPS) is 20.1. The molecule has 22 heavy (non-hydrogen) atoms. The van der Waals surface area contributed by atoms with Gasteiger partial charge in [0.05, 0.1) is 11.8 Å². The van der Waals surface area contributed by atoms with Crippen molar-refractivity contribution in [1.29, 1.82) is 0 Å². The summed E-state index contributed by atoms with van der Waals surface area (Å²) in [6, 6.07) is 4.59. The molecule has 3 N–H and O–H groups in total. The van der Waals surface area contributed by atoms with Crippen LogP contribution in [0.15, 0.2) is 18.2 Å². The van der Waals surface area contributed by atoms with Crippen molar-refractivity contribution in [1.82, 2.24) is 10.3 Å². The molecule has 1 aliphatic carbocycles. The van der Waals surface area contributed by atoms with E-state index < -0.39 is 17.8 Å². The number of hydrogen-bond donors (Lipinski definition) is 3. The van der Waals surface area contributed by atoms with E-state index in [1.54, 1.807) is 6.07 Å². The lowest BCUT2D eigenvalue weighted by Crippen LogP contribution is -2.28. The molecule has 5 nitrogen and oxygen atoms in total. The van der Waals surface area contributed by atoms with Crippen LogP contribution in [-0.4, -0.2) is 28.5 Å². The summed E-state index contributed by atoms with van der Waals surface area (Å²) in [5, 5.41) is 12.4. The minimum Gasteiger partial charge on any atom is -0.481 e. The van der Waals surface area contributed by atoms with Crippen molar-refractivity contribution in [2.45, 2.75) is 19.8 Å². The fourth-order valence-corrected chi connectivity index (χ4v) is 2.88. The Hall–Kier alpha value is -2.37. The molecule has 1 saturated carbocycles. The molecule has 3 rings (SSSR count). The van der Waals surface area contributed by atoms with Crippen molar-refractivity contribution in [3.63, 3.8) is 0 Å². The lowest BCUT2D eigenvalue weighted by atomic mass is 10.1. The first-order valence-corrected chi connectivity index (χ1v) is 7.24. The van der Waals surface area contributed by atoms with Crippen LogP contribution in [0.5, 0.6) is 0 Å². The number of carbonyl (C=O) groups excluding carboxylic acids is 1. The van der Waals surface area contributed by atoms with Gasteiger partial charge in [-0.25, -0.2) is 4.39 Å². The van der Waals surface area contributed by atoms with Crippen molar-refractivity contribution in [3.8, 4) is 0 Å². The number of aliphatic carboxylic acids is 1. The molecule has 0 bridgehead atoms. The maximum absolute atomic E-state index is 13.4. The Labute approximate surface area is 126 Å². The van der Waals surface area contributed by atoms with Gasteiger partial charge in [0.25, 0.3) is 0 Å². The van der Waals surface area contributed by atoms with E-state index in [2.05, 4.69) is 10.3 Å². The van der Waals surface area contributed by atoms with Gasteiger partial charge in [0.1, 0.15) is 5.82 Å². The highest BCUT2D eigenvalue weighted by atomic mass is 19.1. The number of nitrogens with one attached hydrogen (secondary N) is 2. The maximum Gasteiger partial charge on any atom is 0.307 e. The molecule has 2 aromatic rings. The van der Waals surface area contributed by atoms with Crippen LogP contribution in [0.4, 0.5) is 4.39 Å². The SMILES string of the molecule is Cc1[nH]c2ccc(F)cc2c1CCNC(=O)[C@@H]1C[C@@H]1C(=O)O. The van der Waals surface area contributed by atoms with Crippen molar-refractivity contribution in [2.24, 2.45) is 11.8 Å². The Kier molecular flexibility index (Phi) is 3.60. The summed E-state index contributed by atoms with van der Waals surface area (Å²) >= 11 is 0. The van der Waals surface area contributed by atoms with Gasteiger partial charge in [0.15, 0.2) is 0 Å². The molecule has 0 saturated heterocycles. The van der Waals surface area contributed by atoms with Crippen molar-refractivity contribution < 1.29 is 19.1 Å². The lowest BCUT2D eigenvalue weighted by molar-refractivity contribution is -0.140. The van der Waals surface area contributed by atoms with E-state index in [4.69, 9.17) is 5.11 Å². The third-order valence-corrected chi connectivity index (χ3v) is 4.20. The summed E-state index contributed by atoms with van der Waals surface area (Å²) in [5.74, 6) is -2.36. The molecule has 1 aromatic carbocycles. The average Bonchev–Trinajstić information content (AvgIpc) is 3.21. The molecule has 0 aliphatic heterocycles. The minimum atomic E-state index is -0.914. The number of carbonyl (C=O) groups is 2. The van der Waals surface area contributed by atoms with Crippen LogP contribution in [0.2, 0.25) is 0 Å². The van der Waals surface area contributed by atoms with E-state index in [-0.39, 0.29) is 11.7 Å². The van der Waals surface area contributed by atoms with Gasteiger partial charge >= 0.3 is 5.97 Å². The third kappa shape index (κ3) is 2.68. The van der Waals surface area contributed by atoms with Gasteiger partial charge < -0.3 is 15.4 Å². The predicted octanol–water partition coefficient (Wildman–Crippen LogP) is 1.99. The van der Waals surface area contributed by atoms with Crippen molar-refractivity contribution >= 4 is 22.8 Å². The van der Waals surface area contributed by atoms with E-state index in [1.807, 2.05) is 6.92 Å². The summed E-state index contributed by atoms with van der Waals surface area (Å²) in [5.41, 5.74) is 2.79. The van der Waals surface area contributed by atoms with Gasteiger partial charge in [-0.15, -0.1) is 0 Å². The molecule has 6 heteroatoms. The first kappa shape index (κ1) is 14.6. The molecule has 1 amide bonds. The Morgan fingerprint density at radius 1 is 1.41 bits per heavy atom. The number of benzene rings is 1. The average molecular weight is 304 g/mol. The molecule has 0 unspecified atom stereocenters. The Bertz CT molecular complexity index is 753. The van der Waals surface area contributed by atoms with Crippen molar-refractivity contribution in [3.05, 3.63) is 35.3 Å². The van der Waals surface area contributed by atoms with E-state index in [0.29, 0.717) is 19.4 Å². The summed E-state index contributed by atoms with van der Waals surface area (Å²) in [4.78, 5) is 25.7. The van der Waals surface area contributed by atoms with E-state index >= 15 is 0 Å². The first-order valence-electron chi connectivity index (χ1n) is 7.24. The molecule has 1 heterocycles. The van der Waals surface area contributed by atoms with E-state index in [9.17, 15) is 14.0 Å². The highest BCUT2D eigenvalue weighted by Crippen LogP contribution is 2.38. The molecule has 1 aliphatic rings. The number of amides is 1. The Balaban J connectivity index is 1.62. The van der Waals surface area contributed by atoms with E-state index in [1.165, 1.54) is 12.1 Å². The number of rotatable bonds is 5. The predicted molar refractivity (Wildman–Crippen MR) is 78.9 cm³/mol. The van der Waals surface area contributed by atoms with Crippen LogP contribution < -0.4 is 5.32 Å². The highest BCUT2D eigenvalue weighted by molar-refractivity contribution is 5.89. The third-order valence-electron chi connectivity index (χ3n) is 4.20. The van der Waals surface area contributed by atoms with E-state index in [0.717, 1.165) is 22.2 Å². The Morgan fingerprint density at radius 3 is 2.86 bits per heavy atom. The largest absolute Gasteiger partial charge is 0.481 e. The molecule has 0 radical (unpaired) electrons. The minimum absolute atomic E-state index is 0.212. The summed E-state index contributed by atoms with van der Waals surface area (Å²) in [6.45, 7) is 2.32. The number of aromatic nitrogens is 1. The number of aromatic amines is 1. The summed E-state index contributed by atoms with van der Waals surface area (Å²) in [6.07, 6.45) is 0.990. The number of halogens is 1. The van der Waals surface area contributed by atoms with Gasteiger partial charge in [0, 0.05) is 23.1 Å². The van der Waals surface area contributed by atoms with Crippen LogP contribution >= 0.6 is 0 Å². The summed E-state index contributed by atoms with van der Waals surface area (Å²) in [7, 11) is 0. The number of hydrogen-bond acceptors (Lipinski definition) is 2. The smallest absolute Gasteiger partial charge is 0.307 e. The molecule has 0 spiro atoms. The molecular formula is C16H17FN2O3. The van der Waals surface area contributed by atoms with Crippen LogP contribution in [0.25, 0.3) is 10.9 Å². The molecule has 1 fully saturated rings. The number of carboxylic acids is 1. The first-order chi connectivity index (χ1) is 10.5. The van der Waals surface area contributed by atoms with Gasteiger partial charge in [-0.1, -0.05) is 0 Å². The number of H-pyrrole nitrogens is 1. The second-order valence-electron chi connectivity index (χ2n) is 5.75. The van der Waals surface area contributed by atoms with Crippen LogP contribution in [0.1, 0.15) is 17.7 Å². The van der Waals surface area contributed by atoms with Gasteiger partial charge in [-0.05, 0) is 43.5 Å². The standard InChI is InChI=1S/C16H17FN2O3/c1-8-10(11-6-9(17)2-3-14(11)19-8)4-5-18-15(20)12-7-13(12)16(21)22/h2-3,6,12-13,19H,4-5,7H2,1H3,(H,18,20)(H,21,22)/t12-,13+/m1/s1. The van der Waals surface area contributed by atoms with Crippen LogP contribution in [-0.2, 0) is 16.0 Å². The highest BCUT2D eigenvalue weighted by Gasteiger charge is 2.48. The van der Waals surface area contributed by atoms with Gasteiger partial charge in [-0.2, -0.15) is 0 Å². The fourth-order valence-electron chi connectivity index (χ4n) is 2.88. The molecule has 116 valence electrons. The zero-order valence-corrected chi connectivity index (χ0v) is 12.1. The number of aryl methyl sites for hydroxylation is 1. The number of carboxylic acid groups (broad SMARTS) is 1. The topological polar surface area (TPSA) is 82.2 Å². The fraction of sp³-hybridized carbons (Fsp3) is 0.375. The van der Waals surface area contributed by atoms with Gasteiger partial charge in [0.2, 0.25) is 5.91 Å². The zero-order chi connectivity index (χ0) is 15.9.